The molecule has 1 saturated heterocycles. The summed E-state index contributed by atoms with van der Waals surface area (Å²) in [6.07, 6.45) is 1.86. The van der Waals surface area contributed by atoms with Crippen molar-refractivity contribution in [3.8, 4) is 11.5 Å². The Kier molecular flexibility index (Phi) is 6.23. The number of ether oxygens (including phenoxy) is 2. The number of benzene rings is 1. The third-order valence-corrected chi connectivity index (χ3v) is 4.77. The van der Waals surface area contributed by atoms with Crippen LogP contribution in [0.3, 0.4) is 0 Å². The minimum atomic E-state index is -1.11. The predicted octanol–water partition coefficient (Wildman–Crippen LogP) is 2.52. The number of Topliss-reactive ketones (excluding diaryl/α,β-unsaturated/α-hetero) is 1. The zero-order valence-corrected chi connectivity index (χ0v) is 15.4. The van der Waals surface area contributed by atoms with Crippen LogP contribution in [0, 0.1) is 0 Å². The Morgan fingerprint density at radius 2 is 2.00 bits per heavy atom. The van der Waals surface area contributed by atoms with Crippen LogP contribution in [0.15, 0.2) is 18.2 Å². The van der Waals surface area contributed by atoms with Crippen molar-refractivity contribution in [1.82, 2.24) is 4.90 Å². The van der Waals surface area contributed by atoms with Crippen LogP contribution >= 0.6 is 0 Å². The fourth-order valence-electron chi connectivity index (χ4n) is 3.13. The number of carboxylic acids is 1. The third kappa shape index (κ3) is 4.15. The molecule has 1 aliphatic heterocycles. The molecule has 1 amide bonds. The van der Waals surface area contributed by atoms with Gasteiger partial charge in [0.15, 0.2) is 17.3 Å². The van der Waals surface area contributed by atoms with Crippen molar-refractivity contribution in [3.05, 3.63) is 23.8 Å². The first-order chi connectivity index (χ1) is 12.3. The quantitative estimate of drug-likeness (QED) is 0.563. The second kappa shape index (κ2) is 8.21. The Bertz CT molecular complexity index is 701. The van der Waals surface area contributed by atoms with Crippen LogP contribution in [-0.2, 0) is 9.59 Å². The van der Waals surface area contributed by atoms with E-state index < -0.39 is 11.5 Å². The summed E-state index contributed by atoms with van der Waals surface area (Å²) in [7, 11) is 1.50. The number of carbonyl (C=O) groups excluding carboxylic acids is 2. The monoisotopic (exact) mass is 363 g/mol. The van der Waals surface area contributed by atoms with Crippen molar-refractivity contribution in [2.75, 3.05) is 20.3 Å². The highest BCUT2D eigenvalue weighted by molar-refractivity contribution is 5.94. The Labute approximate surface area is 152 Å². The van der Waals surface area contributed by atoms with Crippen molar-refractivity contribution in [2.45, 2.75) is 45.1 Å². The summed E-state index contributed by atoms with van der Waals surface area (Å²) in [5.41, 5.74) is -0.574. The van der Waals surface area contributed by atoms with Gasteiger partial charge in [0.2, 0.25) is 5.91 Å². The van der Waals surface area contributed by atoms with Gasteiger partial charge in [0.1, 0.15) is 5.54 Å². The highest BCUT2D eigenvalue weighted by Crippen LogP contribution is 2.31. The van der Waals surface area contributed by atoms with Gasteiger partial charge in [-0.2, -0.15) is 0 Å². The number of carboxylic acid groups (broad SMARTS) is 1. The zero-order valence-electron chi connectivity index (χ0n) is 15.4. The van der Waals surface area contributed by atoms with Gasteiger partial charge in [-0.05, 0) is 51.3 Å². The summed E-state index contributed by atoms with van der Waals surface area (Å²) in [4.78, 5) is 36.7. The van der Waals surface area contributed by atoms with Crippen LogP contribution < -0.4 is 9.47 Å². The number of hydrogen-bond donors (Lipinski definition) is 1. The van der Waals surface area contributed by atoms with E-state index in [0.29, 0.717) is 49.5 Å². The van der Waals surface area contributed by atoms with Crippen molar-refractivity contribution < 1.29 is 29.0 Å². The van der Waals surface area contributed by atoms with Gasteiger partial charge in [0.05, 0.1) is 13.7 Å². The van der Waals surface area contributed by atoms with Crippen LogP contribution in [0.25, 0.3) is 0 Å². The van der Waals surface area contributed by atoms with Crippen LogP contribution in [0.1, 0.15) is 49.9 Å². The molecule has 1 atom stereocenters. The van der Waals surface area contributed by atoms with Crippen LogP contribution in [0.4, 0.5) is 0 Å². The lowest BCUT2D eigenvalue weighted by Gasteiger charge is -2.31. The second-order valence-electron chi connectivity index (χ2n) is 6.60. The molecule has 0 saturated carbocycles. The van der Waals surface area contributed by atoms with Gasteiger partial charge in [-0.15, -0.1) is 0 Å². The van der Waals surface area contributed by atoms with Crippen molar-refractivity contribution in [3.63, 3.8) is 0 Å². The molecule has 1 heterocycles. The van der Waals surface area contributed by atoms with Crippen LogP contribution in [-0.4, -0.2) is 53.5 Å². The molecule has 0 aromatic heterocycles. The highest BCUT2D eigenvalue weighted by atomic mass is 16.5. The molecule has 1 aromatic rings. The van der Waals surface area contributed by atoms with Gasteiger partial charge >= 0.3 is 5.97 Å². The number of likely N-dealkylation sites (tertiary alicyclic amines) is 1. The molecule has 0 bridgehead atoms. The van der Waals surface area contributed by atoms with Gasteiger partial charge in [0, 0.05) is 18.5 Å². The first-order valence-electron chi connectivity index (χ1n) is 8.65. The minimum absolute atomic E-state index is 0.0625. The van der Waals surface area contributed by atoms with Gasteiger partial charge in [-0.1, -0.05) is 0 Å². The maximum absolute atomic E-state index is 12.4. The first kappa shape index (κ1) is 19.8. The van der Waals surface area contributed by atoms with E-state index >= 15 is 0 Å². The van der Waals surface area contributed by atoms with Crippen LogP contribution in [0.5, 0.6) is 11.5 Å². The number of rotatable bonds is 8. The number of nitrogens with zero attached hydrogens (tertiary/aromatic N) is 1. The number of ketones is 1. The molecule has 7 heteroatoms. The first-order valence-corrected chi connectivity index (χ1v) is 8.65. The van der Waals surface area contributed by atoms with Crippen molar-refractivity contribution in [1.29, 1.82) is 0 Å². The number of aliphatic carboxylic acids is 1. The molecule has 26 heavy (non-hydrogen) atoms. The average molecular weight is 363 g/mol. The van der Waals surface area contributed by atoms with Crippen molar-refractivity contribution >= 4 is 17.7 Å². The molecule has 1 N–H and O–H groups in total. The highest BCUT2D eigenvalue weighted by Gasteiger charge is 2.45. The molecule has 1 aliphatic rings. The molecule has 1 fully saturated rings. The molecule has 1 aromatic carbocycles. The number of hydrogen-bond acceptors (Lipinski definition) is 5. The van der Waals surface area contributed by atoms with E-state index in [2.05, 4.69) is 0 Å². The lowest BCUT2D eigenvalue weighted by molar-refractivity contribution is -0.155. The molecule has 2 rings (SSSR count). The van der Waals surface area contributed by atoms with E-state index in [1.165, 1.54) is 18.9 Å². The zero-order chi connectivity index (χ0) is 19.3. The molecular weight excluding hydrogens is 338 g/mol. The summed E-state index contributed by atoms with van der Waals surface area (Å²) < 4.78 is 10.9. The summed E-state index contributed by atoms with van der Waals surface area (Å²) in [6, 6.07) is 4.94. The van der Waals surface area contributed by atoms with Gasteiger partial charge < -0.3 is 19.5 Å². The Morgan fingerprint density at radius 1 is 1.27 bits per heavy atom. The number of carbonyl (C=O) groups is 3. The third-order valence-electron chi connectivity index (χ3n) is 4.77. The van der Waals surface area contributed by atoms with E-state index in [1.54, 1.807) is 25.1 Å². The average Bonchev–Trinajstić information content (AvgIpc) is 3.01. The Morgan fingerprint density at radius 3 is 2.62 bits per heavy atom. The molecule has 7 nitrogen and oxygen atoms in total. The summed E-state index contributed by atoms with van der Waals surface area (Å²) in [5, 5.41) is 9.37. The van der Waals surface area contributed by atoms with Gasteiger partial charge in [-0.25, -0.2) is 4.79 Å². The van der Waals surface area contributed by atoms with Gasteiger partial charge in [0.25, 0.3) is 0 Å². The van der Waals surface area contributed by atoms with Crippen molar-refractivity contribution in [2.24, 2.45) is 0 Å². The Balaban J connectivity index is 1.88. The molecule has 142 valence electrons. The lowest BCUT2D eigenvalue weighted by Crippen LogP contribution is -2.50. The van der Waals surface area contributed by atoms with E-state index in [9.17, 15) is 19.5 Å². The largest absolute Gasteiger partial charge is 0.493 e. The fourth-order valence-corrected chi connectivity index (χ4v) is 3.13. The summed E-state index contributed by atoms with van der Waals surface area (Å²) >= 11 is 0. The smallest absolute Gasteiger partial charge is 0.329 e. The predicted molar refractivity (Wildman–Crippen MR) is 94.7 cm³/mol. The molecular formula is C19H25NO6. The maximum Gasteiger partial charge on any atom is 0.329 e. The number of methoxy groups -OCH3 is 1. The summed E-state index contributed by atoms with van der Waals surface area (Å²) in [5.74, 6) is -0.235. The normalized spacial score (nSPS) is 19.3. The number of amides is 1. The SMILES string of the molecule is COc1cc(C(C)=O)ccc1OCCCC(=O)N1CCCC1(C)C(=O)O. The molecule has 1 unspecified atom stereocenters. The second-order valence-corrected chi connectivity index (χ2v) is 6.60. The fraction of sp³-hybridized carbons (Fsp3) is 0.526. The lowest BCUT2D eigenvalue weighted by atomic mass is 9.99. The maximum atomic E-state index is 12.4. The van der Waals surface area contributed by atoms with Gasteiger partial charge in [-0.3, -0.25) is 9.59 Å². The minimum Gasteiger partial charge on any atom is -0.493 e. The van der Waals surface area contributed by atoms with E-state index in [0.717, 1.165) is 0 Å². The van der Waals surface area contributed by atoms with E-state index in [4.69, 9.17) is 9.47 Å². The van der Waals surface area contributed by atoms with Crippen LogP contribution in [0.2, 0.25) is 0 Å². The molecule has 0 radical (unpaired) electrons. The van der Waals surface area contributed by atoms with E-state index in [1.807, 2.05) is 0 Å². The standard InChI is InChI=1S/C19H25NO6/c1-13(21)14-7-8-15(16(12-14)25-3)26-11-4-6-17(22)20-10-5-9-19(20,2)18(23)24/h7-8,12H,4-6,9-11H2,1-3H3,(H,23,24). The van der Waals surface area contributed by atoms with E-state index in [-0.39, 0.29) is 18.1 Å². The molecule has 0 spiro atoms. The summed E-state index contributed by atoms with van der Waals surface area (Å²) in [6.45, 7) is 3.84. The molecule has 0 aliphatic carbocycles. The Hall–Kier alpha value is -2.57. The topological polar surface area (TPSA) is 93.1 Å².